The van der Waals surface area contributed by atoms with Crippen molar-refractivity contribution in [3.63, 3.8) is 0 Å². The van der Waals surface area contributed by atoms with Crippen LogP contribution < -0.4 is 20.1 Å². The summed E-state index contributed by atoms with van der Waals surface area (Å²) in [6.07, 6.45) is 4.26. The first kappa shape index (κ1) is 25.0. The van der Waals surface area contributed by atoms with Gasteiger partial charge in [0, 0.05) is 11.7 Å². The van der Waals surface area contributed by atoms with Crippen LogP contribution in [0, 0.1) is 11.7 Å². The van der Waals surface area contributed by atoms with Crippen molar-refractivity contribution in [2.75, 3.05) is 25.6 Å². The minimum absolute atomic E-state index is 0.108. The summed E-state index contributed by atoms with van der Waals surface area (Å²) in [5.74, 6) is -0.978. The van der Waals surface area contributed by atoms with Gasteiger partial charge in [-0.2, -0.15) is 0 Å². The number of methoxy groups -OCH3 is 1. The van der Waals surface area contributed by atoms with Crippen molar-refractivity contribution in [1.29, 1.82) is 0 Å². The molecule has 2 N–H and O–H groups in total. The molecule has 0 saturated heterocycles. The summed E-state index contributed by atoms with van der Waals surface area (Å²) in [4.78, 5) is 36.6. The lowest BCUT2D eigenvalue weighted by molar-refractivity contribution is -0.125. The van der Waals surface area contributed by atoms with Crippen molar-refractivity contribution in [2.24, 2.45) is 5.92 Å². The Hall–Kier alpha value is -3.62. The fourth-order valence-corrected chi connectivity index (χ4v) is 3.78. The average molecular weight is 473 g/mol. The maximum Gasteiger partial charge on any atom is 0.338 e. The maximum atomic E-state index is 13.0. The first-order chi connectivity index (χ1) is 16.4. The smallest absolute Gasteiger partial charge is 0.338 e. The summed E-state index contributed by atoms with van der Waals surface area (Å²) in [6, 6.07) is 9.79. The van der Waals surface area contributed by atoms with E-state index in [1.165, 1.54) is 56.0 Å². The lowest BCUT2D eigenvalue weighted by Crippen LogP contribution is -2.42. The van der Waals surface area contributed by atoms with Crippen LogP contribution in [0.5, 0.6) is 11.5 Å². The van der Waals surface area contributed by atoms with E-state index in [4.69, 9.17) is 14.2 Å². The second-order valence-electron chi connectivity index (χ2n) is 8.22. The largest absolute Gasteiger partial charge is 0.493 e. The molecule has 0 unspecified atom stereocenters. The van der Waals surface area contributed by atoms with Crippen LogP contribution in [0.2, 0.25) is 0 Å². The van der Waals surface area contributed by atoms with Crippen LogP contribution in [-0.2, 0) is 14.3 Å². The summed E-state index contributed by atoms with van der Waals surface area (Å²) in [5.41, 5.74) is 0.612. The first-order valence-electron chi connectivity index (χ1n) is 11.2. The normalized spacial score (nSPS) is 17.4. The van der Waals surface area contributed by atoms with Crippen LogP contribution in [0.1, 0.15) is 43.0 Å². The molecule has 2 aromatic rings. The Kier molecular flexibility index (Phi) is 8.84. The zero-order chi connectivity index (χ0) is 24.5. The predicted molar refractivity (Wildman–Crippen MR) is 123 cm³/mol. The quantitative estimate of drug-likeness (QED) is 0.540. The molecule has 0 aromatic heterocycles. The molecule has 2 aromatic carbocycles. The van der Waals surface area contributed by atoms with Gasteiger partial charge in [0.15, 0.2) is 24.7 Å². The fourth-order valence-electron chi connectivity index (χ4n) is 3.78. The van der Waals surface area contributed by atoms with Crippen LogP contribution in [0.15, 0.2) is 42.5 Å². The number of hydrogen-bond acceptors (Lipinski definition) is 6. The highest BCUT2D eigenvalue weighted by molar-refractivity contribution is 5.93. The Labute approximate surface area is 197 Å². The fraction of sp³-hybridized carbons (Fsp3) is 0.400. The van der Waals surface area contributed by atoms with E-state index in [1.807, 2.05) is 0 Å². The van der Waals surface area contributed by atoms with Crippen LogP contribution in [0.4, 0.5) is 10.1 Å². The number of rotatable bonds is 9. The Morgan fingerprint density at radius 3 is 2.41 bits per heavy atom. The molecule has 1 aliphatic carbocycles. The van der Waals surface area contributed by atoms with E-state index >= 15 is 0 Å². The third-order valence-corrected chi connectivity index (χ3v) is 5.68. The van der Waals surface area contributed by atoms with E-state index in [0.717, 1.165) is 19.3 Å². The molecule has 1 fully saturated rings. The van der Waals surface area contributed by atoms with Crippen molar-refractivity contribution in [1.82, 2.24) is 5.32 Å². The monoisotopic (exact) mass is 472 g/mol. The third kappa shape index (κ3) is 7.19. The lowest BCUT2D eigenvalue weighted by atomic mass is 9.86. The standard InChI is InChI=1S/C25H29FN2O6/c1-16-5-3-4-6-20(16)28-24(30)15-34-25(31)17-7-12-21(22(13-17)32-2)33-14-23(29)27-19-10-8-18(26)9-11-19/h7-13,16,20H,3-6,14-15H2,1-2H3,(H,27,29)(H,28,30)/t16-,20+/m0/s1. The van der Waals surface area contributed by atoms with E-state index < -0.39 is 17.7 Å². The van der Waals surface area contributed by atoms with Crippen molar-refractivity contribution >= 4 is 23.5 Å². The lowest BCUT2D eigenvalue weighted by Gasteiger charge is -2.29. The highest BCUT2D eigenvalue weighted by Crippen LogP contribution is 2.28. The summed E-state index contributed by atoms with van der Waals surface area (Å²) in [7, 11) is 1.40. The molecule has 0 radical (unpaired) electrons. The second kappa shape index (κ2) is 12.0. The number of hydrogen-bond donors (Lipinski definition) is 2. The van der Waals surface area contributed by atoms with Crippen molar-refractivity contribution < 1.29 is 33.0 Å². The Balaban J connectivity index is 1.50. The molecule has 0 heterocycles. The van der Waals surface area contributed by atoms with Gasteiger partial charge in [-0.25, -0.2) is 9.18 Å². The molecule has 0 spiro atoms. The number of carbonyl (C=O) groups excluding carboxylic acids is 3. The molecule has 3 rings (SSSR count). The number of carbonyl (C=O) groups is 3. The van der Waals surface area contributed by atoms with Crippen LogP contribution in [0.25, 0.3) is 0 Å². The summed E-state index contributed by atoms with van der Waals surface area (Å²) in [5, 5.41) is 5.52. The van der Waals surface area contributed by atoms with E-state index in [2.05, 4.69) is 17.6 Å². The number of benzene rings is 2. The number of anilines is 1. The van der Waals surface area contributed by atoms with Gasteiger partial charge in [0.25, 0.3) is 11.8 Å². The van der Waals surface area contributed by atoms with Gasteiger partial charge in [0.2, 0.25) is 0 Å². The number of amides is 2. The van der Waals surface area contributed by atoms with Crippen molar-refractivity contribution in [3.05, 3.63) is 53.8 Å². The topological polar surface area (TPSA) is 103 Å². The van der Waals surface area contributed by atoms with Gasteiger partial charge in [-0.1, -0.05) is 19.8 Å². The predicted octanol–water partition coefficient (Wildman–Crippen LogP) is 3.70. The molecule has 8 nitrogen and oxygen atoms in total. The first-order valence-corrected chi connectivity index (χ1v) is 11.2. The highest BCUT2D eigenvalue weighted by Gasteiger charge is 2.23. The number of halogens is 1. The molecule has 0 aliphatic heterocycles. The highest BCUT2D eigenvalue weighted by atomic mass is 19.1. The van der Waals surface area contributed by atoms with E-state index in [9.17, 15) is 18.8 Å². The molecular formula is C25H29FN2O6. The van der Waals surface area contributed by atoms with Gasteiger partial charge in [0.1, 0.15) is 5.82 Å². The van der Waals surface area contributed by atoms with Crippen LogP contribution in [-0.4, -0.2) is 44.1 Å². The van der Waals surface area contributed by atoms with E-state index in [0.29, 0.717) is 11.6 Å². The van der Waals surface area contributed by atoms with Crippen LogP contribution in [0.3, 0.4) is 0 Å². The van der Waals surface area contributed by atoms with Gasteiger partial charge in [-0.3, -0.25) is 9.59 Å². The zero-order valence-electron chi connectivity index (χ0n) is 19.3. The van der Waals surface area contributed by atoms with Gasteiger partial charge in [-0.15, -0.1) is 0 Å². The number of esters is 1. The Bertz CT molecular complexity index is 1010. The Morgan fingerprint density at radius 1 is 0.971 bits per heavy atom. The second-order valence-corrected chi connectivity index (χ2v) is 8.22. The summed E-state index contributed by atoms with van der Waals surface area (Å²) in [6.45, 7) is 1.42. The molecule has 2 amide bonds. The Morgan fingerprint density at radius 2 is 1.71 bits per heavy atom. The summed E-state index contributed by atoms with van der Waals surface area (Å²) >= 11 is 0. The van der Waals surface area contributed by atoms with Crippen molar-refractivity contribution in [2.45, 2.75) is 38.6 Å². The summed E-state index contributed by atoms with van der Waals surface area (Å²) < 4.78 is 28.8. The number of nitrogens with one attached hydrogen (secondary N) is 2. The average Bonchev–Trinajstić information content (AvgIpc) is 2.84. The molecule has 34 heavy (non-hydrogen) atoms. The van der Waals surface area contributed by atoms with Gasteiger partial charge in [0.05, 0.1) is 12.7 Å². The zero-order valence-corrected chi connectivity index (χ0v) is 19.3. The van der Waals surface area contributed by atoms with Crippen LogP contribution >= 0.6 is 0 Å². The van der Waals surface area contributed by atoms with Gasteiger partial charge < -0.3 is 24.8 Å². The van der Waals surface area contributed by atoms with Gasteiger partial charge >= 0.3 is 5.97 Å². The minimum atomic E-state index is -0.675. The molecule has 9 heteroatoms. The molecule has 2 atom stereocenters. The maximum absolute atomic E-state index is 13.0. The molecule has 1 aliphatic rings. The molecule has 1 saturated carbocycles. The van der Waals surface area contributed by atoms with Crippen molar-refractivity contribution in [3.8, 4) is 11.5 Å². The SMILES string of the molecule is COc1cc(C(=O)OCC(=O)N[C@@H]2CCCC[C@@H]2C)ccc1OCC(=O)Nc1ccc(F)cc1. The number of ether oxygens (including phenoxy) is 3. The molecule has 182 valence electrons. The van der Waals surface area contributed by atoms with E-state index in [-0.39, 0.29) is 42.2 Å². The third-order valence-electron chi connectivity index (χ3n) is 5.68. The molecule has 0 bridgehead atoms. The molecular weight excluding hydrogens is 443 g/mol. The van der Waals surface area contributed by atoms with E-state index in [1.54, 1.807) is 0 Å². The van der Waals surface area contributed by atoms with Gasteiger partial charge in [-0.05, 0) is 61.2 Å². The minimum Gasteiger partial charge on any atom is -0.493 e.